The molecule has 146 valence electrons. The summed E-state index contributed by atoms with van der Waals surface area (Å²) >= 11 is 0. The molecule has 6 heteroatoms. The monoisotopic (exact) mass is 376 g/mol. The van der Waals surface area contributed by atoms with Gasteiger partial charge < -0.3 is 10.6 Å². The van der Waals surface area contributed by atoms with E-state index in [0.29, 0.717) is 28.6 Å². The minimum atomic E-state index is 0.261. The first kappa shape index (κ1) is 21.1. The lowest BCUT2D eigenvalue weighted by molar-refractivity contribution is 0.810. The van der Waals surface area contributed by atoms with Crippen LogP contribution in [0.15, 0.2) is 41.7 Å². The highest BCUT2D eigenvalue weighted by Crippen LogP contribution is 2.24. The molecule has 0 atom stereocenters. The summed E-state index contributed by atoms with van der Waals surface area (Å²) in [5.74, 6) is 2.92. The molecule has 0 saturated heterocycles. The van der Waals surface area contributed by atoms with Gasteiger partial charge in [0.1, 0.15) is 17.5 Å². The number of aliphatic imine (C=N–C) groups is 1. The van der Waals surface area contributed by atoms with Crippen molar-refractivity contribution in [2.24, 2.45) is 10.9 Å². The van der Waals surface area contributed by atoms with Crippen LogP contribution in [0.3, 0.4) is 0 Å². The third-order valence-corrected chi connectivity index (χ3v) is 4.28. The van der Waals surface area contributed by atoms with Crippen molar-refractivity contribution in [2.45, 2.75) is 41.0 Å². The van der Waals surface area contributed by atoms with E-state index >= 15 is 0 Å². The Morgan fingerprint density at radius 3 is 2.61 bits per heavy atom. The van der Waals surface area contributed by atoms with E-state index in [0.717, 1.165) is 30.1 Å². The number of aryl methyl sites for hydroxylation is 1. The summed E-state index contributed by atoms with van der Waals surface area (Å²) in [7, 11) is 0. The molecule has 0 saturated carbocycles. The van der Waals surface area contributed by atoms with Gasteiger partial charge in [0.05, 0.1) is 11.6 Å². The molecule has 1 aromatic heterocycles. The minimum absolute atomic E-state index is 0.261. The fourth-order valence-corrected chi connectivity index (χ4v) is 2.57. The smallest absolute Gasteiger partial charge is 0.163 e. The number of nitriles is 1. The van der Waals surface area contributed by atoms with Gasteiger partial charge >= 0.3 is 0 Å². The predicted octanol–water partition coefficient (Wildman–Crippen LogP) is 4.57. The summed E-state index contributed by atoms with van der Waals surface area (Å²) in [6.07, 6.45) is 0.990. The molecule has 0 aliphatic heterocycles. The minimum Gasteiger partial charge on any atom is -0.331 e. The Balaban J connectivity index is 2.32. The van der Waals surface area contributed by atoms with Gasteiger partial charge in [0.2, 0.25) is 0 Å². The average Bonchev–Trinajstić information content (AvgIpc) is 2.68. The molecule has 1 heterocycles. The van der Waals surface area contributed by atoms with Crippen LogP contribution in [0.25, 0.3) is 11.4 Å². The molecule has 2 N–H and O–H groups in total. The fourth-order valence-electron chi connectivity index (χ4n) is 2.57. The second-order valence-electron chi connectivity index (χ2n) is 6.91. The predicted molar refractivity (Wildman–Crippen MR) is 115 cm³/mol. The Kier molecular flexibility index (Phi) is 7.28. The summed E-state index contributed by atoms with van der Waals surface area (Å²) < 4.78 is 0. The zero-order chi connectivity index (χ0) is 20.7. The van der Waals surface area contributed by atoms with Crippen molar-refractivity contribution >= 4 is 11.7 Å². The molecule has 0 fully saturated rings. The van der Waals surface area contributed by atoms with Crippen LogP contribution in [0.5, 0.6) is 0 Å². The zero-order valence-electron chi connectivity index (χ0n) is 17.3. The number of nitrogens with one attached hydrogen (secondary N) is 2. The van der Waals surface area contributed by atoms with E-state index in [9.17, 15) is 5.26 Å². The van der Waals surface area contributed by atoms with Gasteiger partial charge in [0.15, 0.2) is 5.82 Å². The number of benzene rings is 1. The Morgan fingerprint density at radius 1 is 1.25 bits per heavy atom. The van der Waals surface area contributed by atoms with Crippen LogP contribution in [0, 0.1) is 31.1 Å². The molecule has 0 amide bonds. The topological polar surface area (TPSA) is 86.0 Å². The lowest BCUT2D eigenvalue weighted by Gasteiger charge is -2.18. The average molecular weight is 377 g/mol. The Morgan fingerprint density at radius 2 is 1.96 bits per heavy atom. The van der Waals surface area contributed by atoms with Gasteiger partial charge in [-0.15, -0.1) is 0 Å². The van der Waals surface area contributed by atoms with Gasteiger partial charge in [-0.1, -0.05) is 39.5 Å². The van der Waals surface area contributed by atoms with E-state index in [-0.39, 0.29) is 5.92 Å². The quantitative estimate of drug-likeness (QED) is 0.546. The highest BCUT2D eigenvalue weighted by Gasteiger charge is 2.14. The van der Waals surface area contributed by atoms with Gasteiger partial charge in [-0.2, -0.15) is 5.26 Å². The molecule has 0 radical (unpaired) electrons. The summed E-state index contributed by atoms with van der Waals surface area (Å²) in [5, 5.41) is 15.9. The largest absolute Gasteiger partial charge is 0.331 e. The third-order valence-electron chi connectivity index (χ3n) is 4.28. The first-order chi connectivity index (χ1) is 13.4. The van der Waals surface area contributed by atoms with Crippen molar-refractivity contribution < 1.29 is 0 Å². The van der Waals surface area contributed by atoms with Gasteiger partial charge in [-0.3, -0.25) is 4.99 Å². The molecule has 2 aromatic rings. The molecule has 6 nitrogen and oxygen atoms in total. The lowest BCUT2D eigenvalue weighted by Crippen LogP contribution is -2.31. The van der Waals surface area contributed by atoms with E-state index in [1.165, 1.54) is 0 Å². The van der Waals surface area contributed by atoms with Crippen LogP contribution in [0.4, 0.5) is 5.82 Å². The second kappa shape index (κ2) is 9.65. The van der Waals surface area contributed by atoms with Gasteiger partial charge in [-0.25, -0.2) is 9.97 Å². The van der Waals surface area contributed by atoms with Crippen molar-refractivity contribution in [3.63, 3.8) is 0 Å². The van der Waals surface area contributed by atoms with Gasteiger partial charge in [0.25, 0.3) is 0 Å². The highest BCUT2D eigenvalue weighted by atomic mass is 15.2. The molecule has 0 aliphatic carbocycles. The van der Waals surface area contributed by atoms with Crippen LogP contribution < -0.4 is 10.6 Å². The summed E-state index contributed by atoms with van der Waals surface area (Å²) in [4.78, 5) is 13.8. The van der Waals surface area contributed by atoms with E-state index in [4.69, 9.17) is 0 Å². The Bertz CT molecular complexity index is 921. The number of hydrogen-bond donors (Lipinski definition) is 2. The number of nitrogens with zero attached hydrogens (tertiary/aromatic N) is 4. The molecule has 0 aliphatic rings. The van der Waals surface area contributed by atoms with E-state index < -0.39 is 0 Å². The maximum Gasteiger partial charge on any atom is 0.163 e. The van der Waals surface area contributed by atoms with Crippen molar-refractivity contribution in [3.05, 3.63) is 53.5 Å². The molecule has 1 aromatic carbocycles. The molecular formula is C22H28N6. The van der Waals surface area contributed by atoms with Crippen LogP contribution in [-0.4, -0.2) is 22.3 Å². The van der Waals surface area contributed by atoms with Crippen LogP contribution in [-0.2, 0) is 0 Å². The lowest BCUT2D eigenvalue weighted by atomic mass is 10.1. The summed E-state index contributed by atoms with van der Waals surface area (Å²) in [5.41, 5.74) is 3.03. The number of aromatic nitrogens is 2. The molecule has 2 rings (SSSR count). The Labute approximate surface area is 167 Å². The molecular weight excluding hydrogens is 348 g/mol. The Hall–Kier alpha value is -3.20. The van der Waals surface area contributed by atoms with Gasteiger partial charge in [0, 0.05) is 29.3 Å². The standard InChI is InChI=1S/C22H28N6/c1-7-12-24-20(14(2)3)26-17(6)27-21-15(4)16(5)25-22(28-21)19-11-9-8-10-18(19)13-23/h8-11,14H,6-7,12H2,1-5H3,(H,24,26)(H,25,27,28). The fraction of sp³-hybridized carbons (Fsp3) is 0.364. The van der Waals surface area contributed by atoms with Gasteiger partial charge in [-0.05, 0) is 32.4 Å². The summed E-state index contributed by atoms with van der Waals surface area (Å²) in [6, 6.07) is 9.53. The molecule has 0 unspecified atom stereocenters. The van der Waals surface area contributed by atoms with E-state index in [2.05, 4.69) is 59.0 Å². The van der Waals surface area contributed by atoms with Crippen LogP contribution in [0.1, 0.15) is 44.0 Å². The molecule has 0 bridgehead atoms. The maximum atomic E-state index is 9.38. The van der Waals surface area contributed by atoms with Crippen molar-refractivity contribution in [1.29, 1.82) is 5.26 Å². The van der Waals surface area contributed by atoms with Crippen molar-refractivity contribution in [3.8, 4) is 17.5 Å². The number of rotatable bonds is 7. The van der Waals surface area contributed by atoms with Crippen molar-refractivity contribution in [2.75, 3.05) is 11.9 Å². The number of amidine groups is 1. The molecule has 28 heavy (non-hydrogen) atoms. The maximum absolute atomic E-state index is 9.38. The van der Waals surface area contributed by atoms with Crippen LogP contribution in [0.2, 0.25) is 0 Å². The van der Waals surface area contributed by atoms with Crippen LogP contribution >= 0.6 is 0 Å². The molecule has 0 spiro atoms. The van der Waals surface area contributed by atoms with Crippen molar-refractivity contribution in [1.82, 2.24) is 15.3 Å². The normalized spacial score (nSPS) is 11.2. The second-order valence-corrected chi connectivity index (χ2v) is 6.91. The first-order valence-corrected chi connectivity index (χ1v) is 9.49. The third kappa shape index (κ3) is 5.17. The zero-order valence-corrected chi connectivity index (χ0v) is 17.3. The van der Waals surface area contributed by atoms with E-state index in [1.54, 1.807) is 6.07 Å². The number of hydrogen-bond acceptors (Lipinski definition) is 5. The summed E-state index contributed by atoms with van der Waals surface area (Å²) in [6.45, 7) is 15.0. The highest BCUT2D eigenvalue weighted by molar-refractivity contribution is 5.86. The van der Waals surface area contributed by atoms with E-state index in [1.807, 2.05) is 32.0 Å². The number of anilines is 1. The SMILES string of the molecule is C=C(NC(=NCCC)C(C)C)Nc1nc(-c2ccccc2C#N)nc(C)c1C. The first-order valence-electron chi connectivity index (χ1n) is 9.49.